The van der Waals surface area contributed by atoms with E-state index in [9.17, 15) is 4.79 Å². The highest BCUT2D eigenvalue weighted by Gasteiger charge is 2.53. The van der Waals surface area contributed by atoms with Crippen molar-refractivity contribution < 1.29 is 4.79 Å². The lowest BCUT2D eigenvalue weighted by molar-refractivity contribution is -0.127. The number of fused-ring (bicyclic) bond motifs is 1. The van der Waals surface area contributed by atoms with Crippen molar-refractivity contribution >= 4 is 28.5 Å². The van der Waals surface area contributed by atoms with E-state index < -0.39 is 0 Å². The number of carbonyl (C=O) groups is 1. The molecule has 2 aliphatic rings. The molecule has 0 atom stereocenters. The van der Waals surface area contributed by atoms with Crippen LogP contribution < -0.4 is 5.01 Å². The highest BCUT2D eigenvalue weighted by molar-refractivity contribution is 6.18. The molecule has 1 fully saturated rings. The highest BCUT2D eigenvalue weighted by atomic mass is 16.2. The van der Waals surface area contributed by atoms with E-state index in [0.717, 1.165) is 36.0 Å². The van der Waals surface area contributed by atoms with Crippen molar-refractivity contribution in [1.82, 2.24) is 9.97 Å². The van der Waals surface area contributed by atoms with E-state index in [4.69, 9.17) is 0 Å². The maximum absolute atomic E-state index is 12.6. The zero-order valence-electron chi connectivity index (χ0n) is 11.2. The van der Waals surface area contributed by atoms with Crippen molar-refractivity contribution in [3.63, 3.8) is 0 Å². The van der Waals surface area contributed by atoms with Crippen LogP contribution in [0.2, 0.25) is 0 Å². The molecular weight excluding hydrogens is 252 g/mol. The van der Waals surface area contributed by atoms with E-state index in [1.165, 1.54) is 5.01 Å². The Labute approximate surface area is 116 Å². The highest BCUT2D eigenvalue weighted by Crippen LogP contribution is 2.47. The number of nitrogens with zero attached hydrogens (tertiary/aromatic N) is 4. The molecule has 100 valence electrons. The number of benzene rings is 1. The lowest BCUT2D eigenvalue weighted by atomic mass is 9.66. The monoisotopic (exact) mass is 266 g/mol. The van der Waals surface area contributed by atoms with Crippen LogP contribution in [0.5, 0.6) is 0 Å². The predicted octanol–water partition coefficient (Wildman–Crippen LogP) is 2.52. The first kappa shape index (κ1) is 11.5. The quantitative estimate of drug-likeness (QED) is 0.797. The molecule has 0 radical (unpaired) electrons. The van der Waals surface area contributed by atoms with Gasteiger partial charge in [0.25, 0.3) is 5.91 Å². The number of amides is 1. The van der Waals surface area contributed by atoms with E-state index in [-0.39, 0.29) is 11.3 Å². The molecule has 1 aliphatic heterocycles. The Hall–Kier alpha value is -2.30. The minimum absolute atomic E-state index is 0.0471. The SMILES string of the molecule is CC1=NN(c2cnc3ccccc3n2)C(=O)C12CCC2. The maximum atomic E-state index is 12.6. The van der Waals surface area contributed by atoms with E-state index in [1.54, 1.807) is 6.20 Å². The van der Waals surface area contributed by atoms with Crippen LogP contribution in [0.25, 0.3) is 11.0 Å². The zero-order valence-corrected chi connectivity index (χ0v) is 11.2. The number of carbonyl (C=O) groups excluding carboxylic acids is 1. The topological polar surface area (TPSA) is 58.5 Å². The average molecular weight is 266 g/mol. The van der Waals surface area contributed by atoms with Gasteiger partial charge >= 0.3 is 0 Å². The van der Waals surface area contributed by atoms with Gasteiger partial charge in [-0.15, -0.1) is 0 Å². The number of aromatic nitrogens is 2. The molecule has 5 heteroatoms. The van der Waals surface area contributed by atoms with Crippen LogP contribution in [0.15, 0.2) is 35.6 Å². The third-order valence-electron chi connectivity index (χ3n) is 4.40. The van der Waals surface area contributed by atoms with Crippen molar-refractivity contribution in [2.45, 2.75) is 26.2 Å². The fourth-order valence-corrected chi connectivity index (χ4v) is 2.96. The van der Waals surface area contributed by atoms with Crippen LogP contribution in [0, 0.1) is 5.41 Å². The molecule has 0 unspecified atom stereocenters. The summed E-state index contributed by atoms with van der Waals surface area (Å²) in [6.07, 6.45) is 4.52. The summed E-state index contributed by atoms with van der Waals surface area (Å²) in [5.41, 5.74) is 2.15. The summed E-state index contributed by atoms with van der Waals surface area (Å²) in [5, 5.41) is 5.84. The lowest BCUT2D eigenvalue weighted by Gasteiger charge is -2.35. The Balaban J connectivity index is 1.78. The summed E-state index contributed by atoms with van der Waals surface area (Å²) in [6.45, 7) is 1.94. The molecule has 1 aromatic heterocycles. The smallest absolute Gasteiger partial charge is 0.260 e. The van der Waals surface area contributed by atoms with Gasteiger partial charge < -0.3 is 0 Å². The lowest BCUT2D eigenvalue weighted by Crippen LogP contribution is -2.44. The van der Waals surface area contributed by atoms with E-state index in [2.05, 4.69) is 15.1 Å². The van der Waals surface area contributed by atoms with Crippen molar-refractivity contribution in [2.75, 3.05) is 5.01 Å². The summed E-state index contributed by atoms with van der Waals surface area (Å²) < 4.78 is 0. The molecule has 0 bridgehead atoms. The minimum Gasteiger partial charge on any atom is -0.271 e. The number of rotatable bonds is 1. The summed E-state index contributed by atoms with van der Waals surface area (Å²) in [5.74, 6) is 0.558. The Kier molecular flexibility index (Phi) is 2.22. The number of hydrogen-bond donors (Lipinski definition) is 0. The Morgan fingerprint density at radius 1 is 1.20 bits per heavy atom. The first-order valence-corrected chi connectivity index (χ1v) is 6.83. The van der Waals surface area contributed by atoms with Gasteiger partial charge in [0.2, 0.25) is 0 Å². The summed E-state index contributed by atoms with van der Waals surface area (Å²) in [4.78, 5) is 21.5. The number of para-hydroxylation sites is 2. The van der Waals surface area contributed by atoms with Crippen molar-refractivity contribution in [1.29, 1.82) is 0 Å². The van der Waals surface area contributed by atoms with Gasteiger partial charge in [0.05, 0.1) is 28.4 Å². The fraction of sp³-hybridized carbons (Fsp3) is 0.333. The third kappa shape index (κ3) is 1.37. The maximum Gasteiger partial charge on any atom is 0.260 e. The van der Waals surface area contributed by atoms with Crippen LogP contribution in [-0.4, -0.2) is 21.6 Å². The van der Waals surface area contributed by atoms with Gasteiger partial charge in [-0.3, -0.25) is 9.78 Å². The summed E-state index contributed by atoms with van der Waals surface area (Å²) in [6, 6.07) is 7.62. The Morgan fingerprint density at radius 3 is 2.60 bits per heavy atom. The van der Waals surface area contributed by atoms with Gasteiger partial charge in [0.1, 0.15) is 0 Å². The third-order valence-corrected chi connectivity index (χ3v) is 4.40. The second-order valence-corrected chi connectivity index (χ2v) is 5.45. The second kappa shape index (κ2) is 3.85. The molecular formula is C15H14N4O. The van der Waals surface area contributed by atoms with E-state index in [0.29, 0.717) is 5.82 Å². The number of hydrazone groups is 1. The first-order chi connectivity index (χ1) is 9.71. The van der Waals surface area contributed by atoms with Crippen LogP contribution >= 0.6 is 0 Å². The molecule has 1 aromatic carbocycles. The van der Waals surface area contributed by atoms with E-state index in [1.807, 2.05) is 31.2 Å². The molecule has 4 rings (SSSR count). The molecule has 2 heterocycles. The van der Waals surface area contributed by atoms with Crippen molar-refractivity contribution in [3.8, 4) is 0 Å². The van der Waals surface area contributed by atoms with Crippen LogP contribution in [0.3, 0.4) is 0 Å². The van der Waals surface area contributed by atoms with Crippen LogP contribution in [0.1, 0.15) is 26.2 Å². The number of anilines is 1. The summed E-state index contributed by atoms with van der Waals surface area (Å²) in [7, 11) is 0. The molecule has 0 N–H and O–H groups in total. The van der Waals surface area contributed by atoms with Gasteiger partial charge in [0, 0.05) is 0 Å². The minimum atomic E-state index is -0.354. The summed E-state index contributed by atoms with van der Waals surface area (Å²) >= 11 is 0. The molecule has 1 spiro atoms. The first-order valence-electron chi connectivity index (χ1n) is 6.83. The molecule has 1 amide bonds. The van der Waals surface area contributed by atoms with Gasteiger partial charge in [-0.2, -0.15) is 10.1 Å². The van der Waals surface area contributed by atoms with Gasteiger partial charge in [-0.25, -0.2) is 4.98 Å². The zero-order chi connectivity index (χ0) is 13.7. The standard InChI is InChI=1S/C15H14N4O/c1-10-15(7-4-8-15)14(20)19(18-10)13-9-16-11-5-2-3-6-12(11)17-13/h2-3,5-6,9H,4,7-8H2,1H3. The van der Waals surface area contributed by atoms with Gasteiger partial charge in [0.15, 0.2) is 5.82 Å². The normalized spacial score (nSPS) is 20.4. The molecule has 2 aromatic rings. The van der Waals surface area contributed by atoms with E-state index >= 15 is 0 Å². The second-order valence-electron chi connectivity index (χ2n) is 5.45. The van der Waals surface area contributed by atoms with Crippen molar-refractivity contribution in [3.05, 3.63) is 30.5 Å². The van der Waals surface area contributed by atoms with Crippen LogP contribution in [0.4, 0.5) is 5.82 Å². The predicted molar refractivity (Wildman–Crippen MR) is 76.4 cm³/mol. The largest absolute Gasteiger partial charge is 0.271 e. The van der Waals surface area contributed by atoms with Gasteiger partial charge in [-0.05, 0) is 31.9 Å². The Bertz CT molecular complexity index is 748. The van der Waals surface area contributed by atoms with Gasteiger partial charge in [-0.1, -0.05) is 18.6 Å². The average Bonchev–Trinajstić information content (AvgIpc) is 2.69. The van der Waals surface area contributed by atoms with Crippen molar-refractivity contribution in [2.24, 2.45) is 10.5 Å². The molecule has 1 saturated carbocycles. The fourth-order valence-electron chi connectivity index (χ4n) is 2.96. The van der Waals surface area contributed by atoms with Crippen LogP contribution in [-0.2, 0) is 4.79 Å². The molecule has 20 heavy (non-hydrogen) atoms. The Morgan fingerprint density at radius 2 is 1.95 bits per heavy atom. The molecule has 0 saturated heterocycles. The molecule has 1 aliphatic carbocycles. The number of hydrogen-bond acceptors (Lipinski definition) is 4. The molecule has 5 nitrogen and oxygen atoms in total.